The molecule has 1 N–H and O–H groups in total. The van der Waals surface area contributed by atoms with E-state index in [0.29, 0.717) is 5.92 Å². The first-order chi connectivity index (χ1) is 8.35. The van der Waals surface area contributed by atoms with Crippen molar-refractivity contribution in [3.8, 4) is 0 Å². The molecule has 1 aliphatic rings. The predicted octanol–water partition coefficient (Wildman–Crippen LogP) is 2.86. The van der Waals surface area contributed by atoms with Crippen LogP contribution in [0.2, 0.25) is 0 Å². The number of hydrogen-bond donors (Lipinski definition) is 1. The van der Waals surface area contributed by atoms with Gasteiger partial charge in [-0.25, -0.2) is 0 Å². The summed E-state index contributed by atoms with van der Waals surface area (Å²) in [5, 5.41) is 5.53. The zero-order valence-electron chi connectivity index (χ0n) is 10.8. The second-order valence-corrected chi connectivity index (χ2v) is 4.57. The number of rotatable bonds is 5. The molecule has 1 unspecified atom stereocenters. The molecule has 94 valence electrons. The summed E-state index contributed by atoms with van der Waals surface area (Å²) in [7, 11) is 1.77. The van der Waals surface area contributed by atoms with Crippen LogP contribution in [0.15, 0.2) is 24.3 Å². The highest BCUT2D eigenvalue weighted by atomic mass is 16.7. The molecule has 0 saturated carbocycles. The number of hydrogen-bond acceptors (Lipinski definition) is 3. The van der Waals surface area contributed by atoms with E-state index in [1.807, 2.05) is 0 Å². The molecule has 0 radical (unpaired) electrons. The molecule has 2 rings (SSSR count). The van der Waals surface area contributed by atoms with Crippen molar-refractivity contribution in [2.75, 3.05) is 32.1 Å². The highest BCUT2D eigenvalue weighted by molar-refractivity contribution is 5.54. The second kappa shape index (κ2) is 6.03. The molecule has 3 heteroatoms. The molecule has 1 atom stereocenters. The molecule has 1 heterocycles. The molecule has 0 aliphatic carbocycles. The van der Waals surface area contributed by atoms with Crippen LogP contribution in [0.25, 0.3) is 0 Å². The van der Waals surface area contributed by atoms with Crippen LogP contribution in [-0.4, -0.2) is 31.8 Å². The Kier molecular flexibility index (Phi) is 4.40. The van der Waals surface area contributed by atoms with Crippen LogP contribution in [0.5, 0.6) is 0 Å². The van der Waals surface area contributed by atoms with Crippen LogP contribution >= 0.6 is 0 Å². The Bertz CT molecular complexity index is 354. The van der Waals surface area contributed by atoms with Gasteiger partial charge in [0.05, 0.1) is 7.11 Å². The topological polar surface area (TPSA) is 24.5 Å². The highest BCUT2D eigenvalue weighted by Crippen LogP contribution is 2.31. The lowest BCUT2D eigenvalue weighted by molar-refractivity contribution is -0.134. The van der Waals surface area contributed by atoms with E-state index in [1.54, 1.807) is 7.11 Å². The molecular formula is C14H22N2O. The predicted molar refractivity (Wildman–Crippen MR) is 71.2 cm³/mol. The Morgan fingerprint density at radius 3 is 3.00 bits per heavy atom. The summed E-state index contributed by atoms with van der Waals surface area (Å²) in [5.41, 5.74) is 2.72. The molecule has 0 bridgehead atoms. The zero-order chi connectivity index (χ0) is 12.1. The van der Waals surface area contributed by atoms with Crippen molar-refractivity contribution in [3.05, 3.63) is 29.8 Å². The van der Waals surface area contributed by atoms with Crippen LogP contribution in [0, 0.1) is 0 Å². The minimum Gasteiger partial charge on any atom is -0.385 e. The zero-order valence-corrected chi connectivity index (χ0v) is 10.8. The van der Waals surface area contributed by atoms with E-state index in [1.165, 1.54) is 17.7 Å². The number of benzene rings is 1. The summed E-state index contributed by atoms with van der Waals surface area (Å²) in [6.07, 6.45) is 2.31. The summed E-state index contributed by atoms with van der Waals surface area (Å²) in [5.74, 6) is 0.582. The van der Waals surface area contributed by atoms with Crippen molar-refractivity contribution in [3.63, 3.8) is 0 Å². The second-order valence-electron chi connectivity index (χ2n) is 4.57. The maximum atomic E-state index is 5.42. The standard InChI is InChI=1S/C14H22N2O/c1-3-10-16(17-2)11-12-8-9-15-14-7-5-4-6-13(12)14/h4-7,12,15H,3,8-11H2,1-2H3. The molecule has 0 aromatic heterocycles. The van der Waals surface area contributed by atoms with Gasteiger partial charge in [0.15, 0.2) is 0 Å². The number of anilines is 1. The summed E-state index contributed by atoms with van der Waals surface area (Å²) >= 11 is 0. The average molecular weight is 234 g/mol. The molecule has 3 nitrogen and oxygen atoms in total. The number of nitrogens with zero attached hydrogens (tertiary/aromatic N) is 1. The highest BCUT2D eigenvalue weighted by Gasteiger charge is 2.21. The molecule has 0 amide bonds. The quantitative estimate of drug-likeness (QED) is 0.793. The van der Waals surface area contributed by atoms with Gasteiger partial charge in [-0.1, -0.05) is 25.1 Å². The fraction of sp³-hybridized carbons (Fsp3) is 0.571. The van der Waals surface area contributed by atoms with Gasteiger partial charge in [0.25, 0.3) is 0 Å². The third-order valence-corrected chi connectivity index (χ3v) is 3.36. The van der Waals surface area contributed by atoms with Crippen molar-refractivity contribution in [1.82, 2.24) is 5.06 Å². The first kappa shape index (κ1) is 12.4. The first-order valence-corrected chi connectivity index (χ1v) is 6.47. The van der Waals surface area contributed by atoms with Gasteiger partial charge in [-0.05, 0) is 24.5 Å². The number of para-hydroxylation sites is 1. The van der Waals surface area contributed by atoms with Crippen molar-refractivity contribution in [2.45, 2.75) is 25.7 Å². The van der Waals surface area contributed by atoms with Gasteiger partial charge in [-0.3, -0.25) is 0 Å². The smallest absolute Gasteiger partial charge is 0.0575 e. The largest absolute Gasteiger partial charge is 0.385 e. The number of hydroxylamine groups is 2. The summed E-state index contributed by atoms with van der Waals surface area (Å²) < 4.78 is 0. The number of nitrogens with one attached hydrogen (secondary N) is 1. The summed E-state index contributed by atoms with van der Waals surface area (Å²) in [6.45, 7) is 5.24. The molecule has 1 aliphatic heterocycles. The van der Waals surface area contributed by atoms with Crippen LogP contribution in [0.4, 0.5) is 5.69 Å². The molecule has 1 aromatic rings. The Morgan fingerprint density at radius 2 is 2.24 bits per heavy atom. The summed E-state index contributed by atoms with van der Waals surface area (Å²) in [4.78, 5) is 5.42. The third kappa shape index (κ3) is 2.99. The van der Waals surface area contributed by atoms with Gasteiger partial charge in [-0.15, -0.1) is 0 Å². The lowest BCUT2D eigenvalue weighted by Gasteiger charge is -2.30. The Hall–Kier alpha value is -1.06. The van der Waals surface area contributed by atoms with E-state index in [0.717, 1.165) is 26.1 Å². The van der Waals surface area contributed by atoms with E-state index in [9.17, 15) is 0 Å². The molecule has 0 spiro atoms. The molecule has 17 heavy (non-hydrogen) atoms. The van der Waals surface area contributed by atoms with E-state index < -0.39 is 0 Å². The van der Waals surface area contributed by atoms with Crippen LogP contribution < -0.4 is 5.32 Å². The van der Waals surface area contributed by atoms with Gasteiger partial charge >= 0.3 is 0 Å². The third-order valence-electron chi connectivity index (χ3n) is 3.36. The molecule has 1 aromatic carbocycles. The summed E-state index contributed by atoms with van der Waals surface area (Å²) in [6, 6.07) is 8.61. The van der Waals surface area contributed by atoms with Gasteiger partial charge < -0.3 is 10.2 Å². The van der Waals surface area contributed by atoms with Gasteiger partial charge in [-0.2, -0.15) is 5.06 Å². The first-order valence-electron chi connectivity index (χ1n) is 6.47. The van der Waals surface area contributed by atoms with Crippen LogP contribution in [0.1, 0.15) is 31.2 Å². The molecule has 0 fully saturated rings. The van der Waals surface area contributed by atoms with Gasteiger partial charge in [0.1, 0.15) is 0 Å². The van der Waals surface area contributed by atoms with E-state index in [4.69, 9.17) is 4.84 Å². The van der Waals surface area contributed by atoms with Crippen LogP contribution in [-0.2, 0) is 4.84 Å². The monoisotopic (exact) mass is 234 g/mol. The Balaban J connectivity index is 2.07. The lowest BCUT2D eigenvalue weighted by atomic mass is 9.91. The fourth-order valence-corrected chi connectivity index (χ4v) is 2.49. The fourth-order valence-electron chi connectivity index (χ4n) is 2.49. The van der Waals surface area contributed by atoms with Crippen molar-refractivity contribution < 1.29 is 4.84 Å². The van der Waals surface area contributed by atoms with Crippen molar-refractivity contribution >= 4 is 5.69 Å². The average Bonchev–Trinajstić information content (AvgIpc) is 2.38. The number of fused-ring (bicyclic) bond motifs is 1. The van der Waals surface area contributed by atoms with E-state index >= 15 is 0 Å². The van der Waals surface area contributed by atoms with Gasteiger partial charge in [0.2, 0.25) is 0 Å². The molecule has 0 saturated heterocycles. The lowest BCUT2D eigenvalue weighted by Crippen LogP contribution is -2.31. The van der Waals surface area contributed by atoms with Crippen LogP contribution in [0.3, 0.4) is 0 Å². The minimum atomic E-state index is 0.582. The SMILES string of the molecule is CCCN(CC1CCNc2ccccc21)OC. The minimum absolute atomic E-state index is 0.582. The van der Waals surface area contributed by atoms with E-state index in [-0.39, 0.29) is 0 Å². The molecular weight excluding hydrogens is 212 g/mol. The van der Waals surface area contributed by atoms with E-state index in [2.05, 4.69) is 41.6 Å². The maximum Gasteiger partial charge on any atom is 0.0575 e. The van der Waals surface area contributed by atoms with Crippen molar-refractivity contribution in [1.29, 1.82) is 0 Å². The maximum absolute atomic E-state index is 5.42. The normalized spacial score (nSPS) is 18.9. The Morgan fingerprint density at radius 1 is 1.41 bits per heavy atom. The Labute approximate surface area is 104 Å². The van der Waals surface area contributed by atoms with Crippen molar-refractivity contribution in [2.24, 2.45) is 0 Å². The van der Waals surface area contributed by atoms with Gasteiger partial charge in [0, 0.05) is 31.2 Å².